The van der Waals surface area contributed by atoms with Gasteiger partial charge in [0, 0.05) is 19.1 Å². The smallest absolute Gasteiger partial charge is 0.143 e. The number of aliphatic hydroxyl groups excluding tert-OH is 3. The molecule has 4 heteroatoms. The highest BCUT2D eigenvalue weighted by atomic mass is 16.5. The van der Waals surface area contributed by atoms with Crippen LogP contribution in [0, 0.1) is 11.8 Å². The van der Waals surface area contributed by atoms with Gasteiger partial charge >= 0.3 is 0 Å². The Bertz CT molecular complexity index is 1030. The van der Waals surface area contributed by atoms with Crippen LogP contribution >= 0.6 is 0 Å². The molecular weight excluding hydrogens is 460 g/mol. The summed E-state index contributed by atoms with van der Waals surface area (Å²) in [5, 5.41) is 30.9. The molecule has 0 bridgehead atoms. The van der Waals surface area contributed by atoms with E-state index in [9.17, 15) is 15.3 Å². The minimum Gasteiger partial charge on any atom is -0.396 e. The summed E-state index contributed by atoms with van der Waals surface area (Å²) in [7, 11) is 0. The molecule has 0 fully saturated rings. The van der Waals surface area contributed by atoms with E-state index in [2.05, 4.69) is 79.7 Å². The van der Waals surface area contributed by atoms with E-state index in [0.29, 0.717) is 19.4 Å². The lowest BCUT2D eigenvalue weighted by atomic mass is 9.73. The molecule has 0 heterocycles. The fourth-order valence-electron chi connectivity index (χ4n) is 6.03. The molecule has 37 heavy (non-hydrogen) atoms. The van der Waals surface area contributed by atoms with Crippen LogP contribution in [0.5, 0.6) is 0 Å². The fourth-order valence-corrected chi connectivity index (χ4v) is 6.03. The minimum absolute atomic E-state index is 0.0339. The van der Waals surface area contributed by atoms with Gasteiger partial charge in [-0.15, -0.1) is 0 Å². The number of benzene rings is 3. The third kappa shape index (κ3) is 5.89. The zero-order valence-electron chi connectivity index (χ0n) is 22.0. The van der Waals surface area contributed by atoms with Gasteiger partial charge in [0.2, 0.25) is 0 Å². The first-order valence-electron chi connectivity index (χ1n) is 13.5. The number of hydrogen-bond acceptors (Lipinski definition) is 4. The van der Waals surface area contributed by atoms with E-state index >= 15 is 0 Å². The van der Waals surface area contributed by atoms with Crippen molar-refractivity contribution in [2.24, 2.45) is 11.8 Å². The number of rotatable bonds is 11. The van der Waals surface area contributed by atoms with E-state index in [4.69, 9.17) is 4.74 Å². The van der Waals surface area contributed by atoms with Gasteiger partial charge in [-0.3, -0.25) is 0 Å². The molecule has 0 aromatic heterocycles. The summed E-state index contributed by atoms with van der Waals surface area (Å²) in [5.41, 5.74) is 4.61. The lowest BCUT2D eigenvalue weighted by Crippen LogP contribution is -2.40. The minimum atomic E-state index is -0.733. The van der Waals surface area contributed by atoms with Gasteiger partial charge < -0.3 is 20.1 Å². The molecule has 4 atom stereocenters. The molecule has 0 amide bonds. The molecule has 4 rings (SSSR count). The van der Waals surface area contributed by atoms with E-state index in [-0.39, 0.29) is 18.4 Å². The van der Waals surface area contributed by atoms with Gasteiger partial charge in [0.05, 0.1) is 12.2 Å². The molecule has 3 N–H and O–H groups in total. The van der Waals surface area contributed by atoms with E-state index in [1.807, 2.05) is 25.1 Å². The average molecular weight is 501 g/mol. The molecule has 1 aliphatic rings. The Labute approximate surface area is 221 Å². The standard InChI is InChI=1S/C33H40O4/c1-24(31-25(2)23-30(35)29(20-21-34)32(31)36)13-12-22-37-33(26-14-6-3-7-15-26,27-16-8-4-9-17-27)28-18-10-5-11-19-28/h3-11,14-19,24,29-30,32,34-36H,12-13,20-23H2,1-2H3/t24-,29+,30+,32-/m0/s1. The molecule has 4 nitrogen and oxygen atoms in total. The van der Waals surface area contributed by atoms with Crippen molar-refractivity contribution >= 4 is 0 Å². The summed E-state index contributed by atoms with van der Waals surface area (Å²) in [6.07, 6.45) is 1.32. The normalized spacial score (nSPS) is 21.2. The molecule has 0 saturated carbocycles. The summed E-state index contributed by atoms with van der Waals surface area (Å²) in [6, 6.07) is 31.2. The van der Waals surface area contributed by atoms with Gasteiger partial charge in [-0.1, -0.05) is 103 Å². The predicted octanol–water partition coefficient (Wildman–Crippen LogP) is 5.85. The van der Waals surface area contributed by atoms with Crippen molar-refractivity contribution in [1.82, 2.24) is 0 Å². The lowest BCUT2D eigenvalue weighted by molar-refractivity contribution is -0.00136. The SMILES string of the molecule is CC1=C([C@@H](C)CCCOC(c2ccccc2)(c2ccccc2)c2ccccc2)[C@@H](O)[C@H](CCO)[C@H](O)C1. The van der Waals surface area contributed by atoms with E-state index < -0.39 is 17.8 Å². The molecule has 3 aromatic rings. The van der Waals surface area contributed by atoms with Crippen LogP contribution in [0.2, 0.25) is 0 Å². The van der Waals surface area contributed by atoms with Gasteiger partial charge in [-0.2, -0.15) is 0 Å². The molecule has 0 saturated heterocycles. The summed E-state index contributed by atoms with van der Waals surface area (Å²) in [5.74, 6) is -0.156. The molecular formula is C33H40O4. The highest BCUT2D eigenvalue weighted by Gasteiger charge is 2.38. The van der Waals surface area contributed by atoms with Crippen LogP contribution in [-0.4, -0.2) is 40.7 Å². The topological polar surface area (TPSA) is 69.9 Å². The zero-order valence-corrected chi connectivity index (χ0v) is 22.0. The second-order valence-corrected chi connectivity index (χ2v) is 10.3. The van der Waals surface area contributed by atoms with Gasteiger partial charge in [0.15, 0.2) is 0 Å². The molecule has 0 aliphatic heterocycles. The van der Waals surface area contributed by atoms with Gasteiger partial charge in [0.25, 0.3) is 0 Å². The molecule has 3 aromatic carbocycles. The van der Waals surface area contributed by atoms with Crippen molar-refractivity contribution in [2.45, 2.75) is 57.3 Å². The van der Waals surface area contributed by atoms with Crippen LogP contribution in [0.3, 0.4) is 0 Å². The molecule has 1 aliphatic carbocycles. The fraction of sp³-hybridized carbons (Fsp3) is 0.394. The number of aliphatic hydroxyl groups is 3. The molecule has 0 radical (unpaired) electrons. The second kappa shape index (κ2) is 12.7. The predicted molar refractivity (Wildman–Crippen MR) is 148 cm³/mol. The maximum atomic E-state index is 11.0. The van der Waals surface area contributed by atoms with Crippen LogP contribution in [0.25, 0.3) is 0 Å². The summed E-state index contributed by atoms with van der Waals surface area (Å²) in [6.45, 7) is 4.67. The Morgan fingerprint density at radius 1 is 0.838 bits per heavy atom. The van der Waals surface area contributed by atoms with E-state index in [0.717, 1.165) is 40.7 Å². The van der Waals surface area contributed by atoms with E-state index in [1.165, 1.54) is 0 Å². The first-order valence-corrected chi connectivity index (χ1v) is 13.5. The molecule has 0 unspecified atom stereocenters. The largest absolute Gasteiger partial charge is 0.396 e. The maximum absolute atomic E-state index is 11.0. The Kier molecular flexibility index (Phi) is 9.33. The summed E-state index contributed by atoms with van der Waals surface area (Å²) in [4.78, 5) is 0. The Hall–Kier alpha value is -2.76. The zero-order chi connectivity index (χ0) is 26.3. The summed E-state index contributed by atoms with van der Waals surface area (Å²) < 4.78 is 6.90. The van der Waals surface area contributed by atoms with Crippen LogP contribution in [0.15, 0.2) is 102 Å². The van der Waals surface area contributed by atoms with Crippen LogP contribution in [0.4, 0.5) is 0 Å². The highest BCUT2D eigenvalue weighted by Crippen LogP contribution is 2.41. The van der Waals surface area contributed by atoms with Crippen molar-refractivity contribution in [3.05, 3.63) is 119 Å². The van der Waals surface area contributed by atoms with Crippen LogP contribution in [0.1, 0.15) is 56.2 Å². The summed E-state index contributed by atoms with van der Waals surface area (Å²) >= 11 is 0. The Balaban J connectivity index is 1.56. The van der Waals surface area contributed by atoms with Gasteiger partial charge in [-0.05, 0) is 60.8 Å². The third-order valence-corrected chi connectivity index (χ3v) is 7.86. The lowest BCUT2D eigenvalue weighted by Gasteiger charge is -2.38. The van der Waals surface area contributed by atoms with Crippen molar-refractivity contribution in [2.75, 3.05) is 13.2 Å². The average Bonchev–Trinajstić information content (AvgIpc) is 2.92. The molecule has 196 valence electrons. The van der Waals surface area contributed by atoms with Crippen molar-refractivity contribution < 1.29 is 20.1 Å². The maximum Gasteiger partial charge on any atom is 0.143 e. The van der Waals surface area contributed by atoms with Crippen molar-refractivity contribution in [1.29, 1.82) is 0 Å². The first-order chi connectivity index (χ1) is 18.0. The van der Waals surface area contributed by atoms with Crippen molar-refractivity contribution in [3.8, 4) is 0 Å². The first kappa shape index (κ1) is 27.3. The van der Waals surface area contributed by atoms with Crippen molar-refractivity contribution in [3.63, 3.8) is 0 Å². The third-order valence-electron chi connectivity index (χ3n) is 7.86. The molecule has 0 spiro atoms. The second-order valence-electron chi connectivity index (χ2n) is 10.3. The van der Waals surface area contributed by atoms with Gasteiger partial charge in [0.1, 0.15) is 5.60 Å². The van der Waals surface area contributed by atoms with Crippen LogP contribution in [-0.2, 0) is 10.3 Å². The van der Waals surface area contributed by atoms with E-state index in [1.54, 1.807) is 0 Å². The quantitative estimate of drug-likeness (QED) is 0.175. The number of ether oxygens (including phenoxy) is 1. The van der Waals surface area contributed by atoms with Crippen LogP contribution < -0.4 is 0 Å². The monoisotopic (exact) mass is 500 g/mol. The Morgan fingerprint density at radius 2 is 1.32 bits per heavy atom. The Morgan fingerprint density at radius 3 is 1.78 bits per heavy atom. The highest BCUT2D eigenvalue weighted by molar-refractivity contribution is 5.47. The number of hydrogen-bond donors (Lipinski definition) is 3. The van der Waals surface area contributed by atoms with Gasteiger partial charge in [-0.25, -0.2) is 0 Å².